The number of nitrogens with one attached hydrogen (secondary N) is 1. The van der Waals surface area contributed by atoms with E-state index in [1.165, 1.54) is 0 Å². The number of nitrogens with zero attached hydrogens (tertiary/aromatic N) is 3. The Morgan fingerprint density at radius 2 is 2.11 bits per heavy atom. The van der Waals surface area contributed by atoms with Crippen molar-refractivity contribution in [3.63, 3.8) is 0 Å². The van der Waals surface area contributed by atoms with Gasteiger partial charge < -0.3 is 15.2 Å². The van der Waals surface area contributed by atoms with E-state index in [4.69, 9.17) is 15.2 Å². The molecule has 7 nitrogen and oxygen atoms in total. The van der Waals surface area contributed by atoms with Gasteiger partial charge in [0.25, 0.3) is 0 Å². The Hall–Kier alpha value is -3.63. The molecule has 4 rings (SSSR count). The monoisotopic (exact) mass is 374 g/mol. The SMILES string of the molecule is COCc1[nH][n+](-c2ccc(C)cc2)c2c1C(c1cccnc1)C(C#N)=C(N)O2. The fourth-order valence-corrected chi connectivity index (χ4v) is 3.47. The van der Waals surface area contributed by atoms with Gasteiger partial charge in [-0.25, -0.2) is 0 Å². The summed E-state index contributed by atoms with van der Waals surface area (Å²) in [5.41, 5.74) is 11.0. The molecule has 3 heterocycles. The van der Waals surface area contributed by atoms with Crippen molar-refractivity contribution in [1.82, 2.24) is 10.1 Å². The van der Waals surface area contributed by atoms with Crippen molar-refractivity contribution in [3.05, 3.63) is 82.6 Å². The zero-order valence-electron chi connectivity index (χ0n) is 15.6. The van der Waals surface area contributed by atoms with Crippen LogP contribution in [0.4, 0.5) is 0 Å². The fourth-order valence-electron chi connectivity index (χ4n) is 3.47. The number of hydrogen-bond donors (Lipinski definition) is 2. The van der Waals surface area contributed by atoms with Gasteiger partial charge in [0, 0.05) is 31.6 Å². The summed E-state index contributed by atoms with van der Waals surface area (Å²) in [4.78, 5) is 4.22. The third kappa shape index (κ3) is 2.90. The van der Waals surface area contributed by atoms with Crippen LogP contribution in [-0.4, -0.2) is 17.2 Å². The fraction of sp³-hybridized carbons (Fsp3) is 0.190. The Labute approximate surface area is 162 Å². The summed E-state index contributed by atoms with van der Waals surface area (Å²) < 4.78 is 13.1. The number of hydrogen-bond acceptors (Lipinski definition) is 5. The maximum Gasteiger partial charge on any atom is 0.410 e. The second kappa shape index (κ2) is 7.18. The number of aromatic amines is 1. The molecule has 28 heavy (non-hydrogen) atoms. The van der Waals surface area contributed by atoms with Crippen molar-refractivity contribution in [1.29, 1.82) is 5.26 Å². The minimum Gasteiger partial charge on any atom is -0.385 e. The normalized spacial score (nSPS) is 15.7. The molecule has 140 valence electrons. The number of pyridine rings is 1. The van der Waals surface area contributed by atoms with Crippen molar-refractivity contribution in [2.45, 2.75) is 19.4 Å². The van der Waals surface area contributed by atoms with Gasteiger partial charge in [-0.05, 0) is 23.2 Å². The van der Waals surface area contributed by atoms with Gasteiger partial charge in [0.1, 0.15) is 22.9 Å². The van der Waals surface area contributed by atoms with Crippen LogP contribution in [0, 0.1) is 18.3 Å². The maximum absolute atomic E-state index is 9.76. The molecule has 1 aliphatic heterocycles. The van der Waals surface area contributed by atoms with Gasteiger partial charge in [-0.1, -0.05) is 23.8 Å². The van der Waals surface area contributed by atoms with Crippen LogP contribution >= 0.6 is 0 Å². The van der Waals surface area contributed by atoms with Gasteiger partial charge in [-0.15, -0.1) is 0 Å². The first kappa shape index (κ1) is 17.8. The quantitative estimate of drug-likeness (QED) is 0.683. The zero-order chi connectivity index (χ0) is 19.7. The van der Waals surface area contributed by atoms with E-state index in [0.29, 0.717) is 18.1 Å². The largest absolute Gasteiger partial charge is 0.410 e. The van der Waals surface area contributed by atoms with E-state index in [1.807, 2.05) is 48.0 Å². The molecule has 1 unspecified atom stereocenters. The predicted octanol–water partition coefficient (Wildman–Crippen LogP) is 2.36. The minimum atomic E-state index is -0.393. The number of H-pyrrole nitrogens is 1. The molecular formula is C21H20N5O2+. The van der Waals surface area contributed by atoms with Crippen LogP contribution in [0.15, 0.2) is 60.2 Å². The summed E-state index contributed by atoms with van der Waals surface area (Å²) in [7, 11) is 1.63. The summed E-state index contributed by atoms with van der Waals surface area (Å²) in [6.07, 6.45) is 3.44. The van der Waals surface area contributed by atoms with Crippen LogP contribution in [-0.2, 0) is 11.3 Å². The molecule has 1 aliphatic rings. The van der Waals surface area contributed by atoms with Crippen LogP contribution in [0.2, 0.25) is 0 Å². The smallest absolute Gasteiger partial charge is 0.385 e. The number of methoxy groups -OCH3 is 1. The van der Waals surface area contributed by atoms with Gasteiger partial charge in [-0.2, -0.15) is 10.4 Å². The number of aromatic nitrogens is 3. The molecule has 0 aliphatic carbocycles. The Balaban J connectivity index is 1.97. The lowest BCUT2D eigenvalue weighted by Gasteiger charge is -2.21. The minimum absolute atomic E-state index is 0.0904. The first-order valence-electron chi connectivity index (χ1n) is 8.84. The van der Waals surface area contributed by atoms with E-state index in [0.717, 1.165) is 28.1 Å². The van der Waals surface area contributed by atoms with Crippen molar-refractivity contribution in [2.24, 2.45) is 5.73 Å². The molecule has 2 aromatic heterocycles. The summed E-state index contributed by atoms with van der Waals surface area (Å²) in [5.74, 6) is 0.240. The average molecular weight is 374 g/mol. The lowest BCUT2D eigenvalue weighted by molar-refractivity contribution is -0.661. The second-order valence-corrected chi connectivity index (χ2v) is 6.62. The number of fused-ring (bicyclic) bond motifs is 1. The predicted molar refractivity (Wildman–Crippen MR) is 101 cm³/mol. The molecule has 0 fully saturated rings. The van der Waals surface area contributed by atoms with E-state index < -0.39 is 5.92 Å². The highest BCUT2D eigenvalue weighted by Gasteiger charge is 2.42. The molecular weight excluding hydrogens is 354 g/mol. The van der Waals surface area contributed by atoms with E-state index >= 15 is 0 Å². The van der Waals surface area contributed by atoms with E-state index in [9.17, 15) is 5.26 Å². The van der Waals surface area contributed by atoms with E-state index in [2.05, 4.69) is 16.2 Å². The Bertz CT molecular complexity index is 1080. The lowest BCUT2D eigenvalue weighted by Crippen LogP contribution is -2.36. The number of allylic oxidation sites excluding steroid dienone is 1. The van der Waals surface area contributed by atoms with Crippen LogP contribution in [0.1, 0.15) is 28.3 Å². The third-order valence-corrected chi connectivity index (χ3v) is 4.77. The number of benzene rings is 1. The Kier molecular flexibility index (Phi) is 4.55. The maximum atomic E-state index is 9.76. The summed E-state index contributed by atoms with van der Waals surface area (Å²) in [6.45, 7) is 2.36. The van der Waals surface area contributed by atoms with Gasteiger partial charge in [0.05, 0.1) is 12.5 Å². The zero-order valence-corrected chi connectivity index (χ0v) is 15.6. The molecule has 7 heteroatoms. The highest BCUT2D eigenvalue weighted by atomic mass is 16.5. The molecule has 1 aromatic carbocycles. The number of aryl methyl sites for hydroxylation is 1. The van der Waals surface area contributed by atoms with Gasteiger partial charge in [-0.3, -0.25) is 4.98 Å². The number of ether oxygens (including phenoxy) is 2. The molecule has 0 amide bonds. The number of nitrogens with two attached hydrogens (primary N) is 1. The lowest BCUT2D eigenvalue weighted by atomic mass is 9.85. The van der Waals surface area contributed by atoms with Crippen molar-refractivity contribution < 1.29 is 14.2 Å². The van der Waals surface area contributed by atoms with Gasteiger partial charge in [0.2, 0.25) is 11.6 Å². The summed E-state index contributed by atoms with van der Waals surface area (Å²) in [5, 5.41) is 13.1. The highest BCUT2D eigenvalue weighted by Crippen LogP contribution is 2.42. The van der Waals surface area contributed by atoms with Crippen LogP contribution < -0.4 is 15.2 Å². The molecule has 0 saturated heterocycles. The van der Waals surface area contributed by atoms with Crippen LogP contribution in [0.3, 0.4) is 0 Å². The van der Waals surface area contributed by atoms with Crippen LogP contribution in [0.5, 0.6) is 5.88 Å². The Morgan fingerprint density at radius 3 is 2.75 bits per heavy atom. The van der Waals surface area contributed by atoms with E-state index in [1.54, 1.807) is 19.5 Å². The Morgan fingerprint density at radius 1 is 1.32 bits per heavy atom. The molecule has 0 radical (unpaired) electrons. The molecule has 3 aromatic rings. The number of rotatable bonds is 4. The third-order valence-electron chi connectivity index (χ3n) is 4.77. The van der Waals surface area contributed by atoms with Gasteiger partial charge in [0.15, 0.2) is 0 Å². The standard InChI is InChI=1S/C21H19N5O2/c1-13-5-7-15(8-6-13)26-21-19(17(25-26)12-27-2)18(14-4-3-9-24-11-14)16(10-22)20(23)28-21/h3-9,11,18H,12,23H2,1-2H3/p+1. The van der Waals surface area contributed by atoms with E-state index in [-0.39, 0.29) is 5.88 Å². The molecule has 0 saturated carbocycles. The van der Waals surface area contributed by atoms with Crippen molar-refractivity contribution in [3.8, 4) is 17.6 Å². The molecule has 1 atom stereocenters. The van der Waals surface area contributed by atoms with Gasteiger partial charge >= 0.3 is 5.88 Å². The average Bonchev–Trinajstić information content (AvgIpc) is 3.06. The number of nitriles is 1. The molecule has 0 spiro atoms. The highest BCUT2D eigenvalue weighted by molar-refractivity contribution is 5.53. The van der Waals surface area contributed by atoms with Crippen molar-refractivity contribution in [2.75, 3.05) is 7.11 Å². The molecule has 3 N–H and O–H groups in total. The topological polar surface area (TPSA) is 101 Å². The second-order valence-electron chi connectivity index (χ2n) is 6.62. The van der Waals surface area contributed by atoms with Crippen LogP contribution in [0.25, 0.3) is 5.69 Å². The summed E-state index contributed by atoms with van der Waals surface area (Å²) in [6, 6.07) is 14.0. The van der Waals surface area contributed by atoms with Crippen molar-refractivity contribution >= 4 is 0 Å². The summed E-state index contributed by atoms with van der Waals surface area (Å²) >= 11 is 0. The first-order chi connectivity index (χ1) is 13.6. The molecule has 0 bridgehead atoms. The first-order valence-corrected chi connectivity index (χ1v) is 8.84.